The summed E-state index contributed by atoms with van der Waals surface area (Å²) in [6, 6.07) is 16.8. The highest BCUT2D eigenvalue weighted by Gasteiger charge is 2.44. The van der Waals surface area contributed by atoms with E-state index in [4.69, 9.17) is 9.68 Å². The fourth-order valence-corrected chi connectivity index (χ4v) is 4.45. The Hall–Kier alpha value is -3.57. The first-order valence-electron chi connectivity index (χ1n) is 10.0. The van der Waals surface area contributed by atoms with Crippen LogP contribution in [0.3, 0.4) is 0 Å². The third-order valence-electron chi connectivity index (χ3n) is 5.25. The van der Waals surface area contributed by atoms with Crippen molar-refractivity contribution in [2.45, 2.75) is 38.1 Å². The van der Waals surface area contributed by atoms with E-state index in [1.807, 2.05) is 6.07 Å². The number of hydrogen-bond acceptors (Lipinski definition) is 7. The van der Waals surface area contributed by atoms with E-state index in [9.17, 15) is 4.79 Å². The molecule has 0 radical (unpaired) electrons. The summed E-state index contributed by atoms with van der Waals surface area (Å²) < 4.78 is 6.73. The number of amides is 1. The van der Waals surface area contributed by atoms with Gasteiger partial charge in [-0.25, -0.2) is 4.98 Å². The summed E-state index contributed by atoms with van der Waals surface area (Å²) in [6.45, 7) is 2.09. The van der Waals surface area contributed by atoms with Gasteiger partial charge in [-0.15, -0.1) is 21.5 Å². The van der Waals surface area contributed by atoms with E-state index in [0.29, 0.717) is 25.2 Å². The normalized spacial score (nSPS) is 14.3. The van der Waals surface area contributed by atoms with Crippen LogP contribution in [0.1, 0.15) is 35.2 Å². The molecule has 5 rings (SSSR count). The molecule has 2 aromatic heterocycles. The minimum absolute atomic E-state index is 0.0316. The van der Waals surface area contributed by atoms with E-state index in [1.165, 1.54) is 11.1 Å². The summed E-state index contributed by atoms with van der Waals surface area (Å²) in [5.41, 5.74) is 3.80. The van der Waals surface area contributed by atoms with Crippen molar-refractivity contribution < 1.29 is 9.21 Å². The van der Waals surface area contributed by atoms with E-state index < -0.39 is 5.54 Å². The summed E-state index contributed by atoms with van der Waals surface area (Å²) in [5.74, 6) is 0.379. The predicted octanol–water partition coefficient (Wildman–Crippen LogP) is 3.96. The molecule has 4 aromatic rings. The van der Waals surface area contributed by atoms with Gasteiger partial charge in [-0.1, -0.05) is 35.9 Å². The summed E-state index contributed by atoms with van der Waals surface area (Å²) in [5, 5.41) is 20.7. The molecule has 1 fully saturated rings. The number of rotatable bonds is 6. The lowest BCUT2D eigenvalue weighted by atomic mass is 10.0. The Labute approximate surface area is 182 Å². The molecule has 154 valence electrons. The molecule has 1 saturated carbocycles. The molecule has 0 atom stereocenters. The number of thiazole rings is 1. The van der Waals surface area contributed by atoms with Gasteiger partial charge in [0.15, 0.2) is 0 Å². The molecular weight excluding hydrogens is 410 g/mol. The van der Waals surface area contributed by atoms with Gasteiger partial charge < -0.3 is 9.73 Å². The van der Waals surface area contributed by atoms with Crippen LogP contribution in [-0.2, 0) is 17.6 Å². The lowest BCUT2D eigenvalue weighted by Gasteiger charge is -2.06. The van der Waals surface area contributed by atoms with Crippen LogP contribution < -0.4 is 5.32 Å². The maximum absolute atomic E-state index is 12.1. The number of carbonyl (C=O) groups excluding carboxylic acids is 1. The van der Waals surface area contributed by atoms with Crippen LogP contribution in [0.25, 0.3) is 21.3 Å². The molecule has 1 aliphatic carbocycles. The highest BCUT2D eigenvalue weighted by Crippen LogP contribution is 2.34. The molecule has 1 N–H and O–H groups in total. The van der Waals surface area contributed by atoms with Crippen molar-refractivity contribution in [3.05, 3.63) is 64.8 Å². The maximum atomic E-state index is 12.1. The van der Waals surface area contributed by atoms with Crippen molar-refractivity contribution in [3.63, 3.8) is 0 Å². The Morgan fingerprint density at radius 3 is 2.77 bits per heavy atom. The van der Waals surface area contributed by atoms with Crippen molar-refractivity contribution >= 4 is 27.5 Å². The maximum Gasteiger partial charge on any atom is 0.230 e. The van der Waals surface area contributed by atoms with Gasteiger partial charge in [0.05, 0.1) is 22.7 Å². The average molecular weight is 430 g/mol. The van der Waals surface area contributed by atoms with Crippen molar-refractivity contribution in [3.8, 4) is 17.2 Å². The minimum Gasteiger partial charge on any atom is -0.424 e. The standard InChI is InChI=1S/C23H19N5O2S/c1-14-3-2-4-15(9-14)16-5-6-17-18(10-16)31-22(25-17)12-21-28-27-20(30-21)11-19(29)26-23(13-24)7-8-23/h2-6,9-10H,7-8,11-12H2,1H3,(H,26,29). The Bertz CT molecular complexity index is 1330. The monoisotopic (exact) mass is 429 g/mol. The Morgan fingerprint density at radius 2 is 2.00 bits per heavy atom. The summed E-state index contributed by atoms with van der Waals surface area (Å²) in [6.07, 6.45) is 1.76. The fourth-order valence-electron chi connectivity index (χ4n) is 3.45. The van der Waals surface area contributed by atoms with Crippen LogP contribution in [0.15, 0.2) is 46.9 Å². The number of carbonyl (C=O) groups is 1. The van der Waals surface area contributed by atoms with E-state index in [0.717, 1.165) is 20.8 Å². The van der Waals surface area contributed by atoms with E-state index >= 15 is 0 Å². The predicted molar refractivity (Wildman–Crippen MR) is 116 cm³/mol. The van der Waals surface area contributed by atoms with Gasteiger partial charge in [-0.3, -0.25) is 4.79 Å². The number of nitrogens with one attached hydrogen (secondary N) is 1. The summed E-state index contributed by atoms with van der Waals surface area (Å²) in [4.78, 5) is 16.8. The first-order chi connectivity index (χ1) is 15.0. The molecule has 2 heterocycles. The number of nitrogens with zero attached hydrogens (tertiary/aromatic N) is 4. The molecule has 1 amide bonds. The van der Waals surface area contributed by atoms with Gasteiger partial charge in [-0.2, -0.15) is 5.26 Å². The van der Waals surface area contributed by atoms with Crippen LogP contribution in [0, 0.1) is 18.3 Å². The second-order valence-corrected chi connectivity index (χ2v) is 8.96. The Kier molecular flexibility index (Phi) is 4.75. The fraction of sp³-hybridized carbons (Fsp3) is 0.261. The molecule has 0 aliphatic heterocycles. The van der Waals surface area contributed by atoms with E-state index in [1.54, 1.807) is 11.3 Å². The second-order valence-electron chi connectivity index (χ2n) is 7.84. The molecule has 0 unspecified atom stereocenters. The van der Waals surface area contributed by atoms with Crippen LogP contribution in [0.5, 0.6) is 0 Å². The van der Waals surface area contributed by atoms with Crippen LogP contribution in [0.2, 0.25) is 0 Å². The average Bonchev–Trinajstić information content (AvgIpc) is 3.19. The quantitative estimate of drug-likeness (QED) is 0.497. The van der Waals surface area contributed by atoms with Crippen molar-refractivity contribution in [1.82, 2.24) is 20.5 Å². The number of nitriles is 1. The number of hydrogen-bond donors (Lipinski definition) is 1. The number of aryl methyl sites for hydroxylation is 1. The highest BCUT2D eigenvalue weighted by molar-refractivity contribution is 7.18. The highest BCUT2D eigenvalue weighted by atomic mass is 32.1. The first kappa shape index (κ1) is 19.4. The van der Waals surface area contributed by atoms with Crippen molar-refractivity contribution in [2.75, 3.05) is 0 Å². The van der Waals surface area contributed by atoms with Crippen LogP contribution >= 0.6 is 11.3 Å². The largest absolute Gasteiger partial charge is 0.424 e. The number of benzene rings is 2. The molecule has 0 spiro atoms. The van der Waals surface area contributed by atoms with Gasteiger partial charge in [-0.05, 0) is 43.0 Å². The van der Waals surface area contributed by atoms with Gasteiger partial charge in [0.1, 0.15) is 17.0 Å². The minimum atomic E-state index is -0.696. The molecule has 1 aliphatic rings. The first-order valence-corrected chi connectivity index (χ1v) is 10.8. The summed E-state index contributed by atoms with van der Waals surface area (Å²) in [7, 11) is 0. The third kappa shape index (κ3) is 4.18. The zero-order valence-corrected chi connectivity index (χ0v) is 17.7. The van der Waals surface area contributed by atoms with Crippen LogP contribution in [0.4, 0.5) is 0 Å². The molecule has 0 saturated heterocycles. The zero-order chi connectivity index (χ0) is 21.4. The molecule has 7 nitrogen and oxygen atoms in total. The third-order valence-corrected chi connectivity index (χ3v) is 6.27. The van der Waals surface area contributed by atoms with Gasteiger partial charge >= 0.3 is 0 Å². The zero-order valence-electron chi connectivity index (χ0n) is 16.9. The lowest BCUT2D eigenvalue weighted by molar-refractivity contribution is -0.121. The Balaban J connectivity index is 1.28. The number of fused-ring (bicyclic) bond motifs is 1. The van der Waals surface area contributed by atoms with Gasteiger partial charge in [0.25, 0.3) is 0 Å². The second kappa shape index (κ2) is 7.60. The summed E-state index contributed by atoms with van der Waals surface area (Å²) >= 11 is 1.59. The molecule has 8 heteroatoms. The smallest absolute Gasteiger partial charge is 0.230 e. The molecule has 0 bridgehead atoms. The molecule has 2 aromatic carbocycles. The molecule has 31 heavy (non-hydrogen) atoms. The lowest BCUT2D eigenvalue weighted by Crippen LogP contribution is -2.36. The SMILES string of the molecule is Cc1cccc(-c2ccc3nc(Cc4nnc(CC(=O)NC5(C#N)CC5)o4)sc3c2)c1. The van der Waals surface area contributed by atoms with Gasteiger partial charge in [0.2, 0.25) is 17.7 Å². The van der Waals surface area contributed by atoms with Crippen molar-refractivity contribution in [2.24, 2.45) is 0 Å². The van der Waals surface area contributed by atoms with Gasteiger partial charge in [0, 0.05) is 0 Å². The van der Waals surface area contributed by atoms with E-state index in [-0.39, 0.29) is 18.2 Å². The number of aromatic nitrogens is 3. The van der Waals surface area contributed by atoms with E-state index in [2.05, 4.69) is 69.9 Å². The molecular formula is C23H19N5O2S. The van der Waals surface area contributed by atoms with Crippen molar-refractivity contribution in [1.29, 1.82) is 5.26 Å². The van der Waals surface area contributed by atoms with Crippen LogP contribution in [-0.4, -0.2) is 26.6 Å². The Morgan fingerprint density at radius 1 is 1.19 bits per heavy atom. The topological polar surface area (TPSA) is 105 Å².